The predicted molar refractivity (Wildman–Crippen MR) is 121 cm³/mol. The van der Waals surface area contributed by atoms with Crippen LogP contribution in [0.1, 0.15) is 49.8 Å². The minimum Gasteiger partial charge on any atom is -0.492 e. The molecule has 0 spiro atoms. The first kappa shape index (κ1) is 22.6. The molecule has 2 N–H and O–H groups in total. The summed E-state index contributed by atoms with van der Waals surface area (Å²) >= 11 is 0. The first-order valence-corrected chi connectivity index (χ1v) is 11.0. The van der Waals surface area contributed by atoms with E-state index in [1.54, 1.807) is 24.3 Å². The molecule has 164 valence electrons. The van der Waals surface area contributed by atoms with E-state index in [1.807, 2.05) is 25.1 Å². The third-order valence-electron chi connectivity index (χ3n) is 6.01. The Morgan fingerprint density at radius 2 is 1.90 bits per heavy atom. The fraction of sp³-hybridized carbons (Fsp3) is 0.440. The first-order chi connectivity index (χ1) is 15.0. The van der Waals surface area contributed by atoms with E-state index in [0.29, 0.717) is 35.6 Å². The van der Waals surface area contributed by atoms with Gasteiger partial charge in [0.1, 0.15) is 12.4 Å². The summed E-state index contributed by atoms with van der Waals surface area (Å²) in [5.41, 5.74) is 1.59. The number of hydrogen-bond donors (Lipinski definition) is 2. The highest BCUT2D eigenvalue weighted by atomic mass is 16.5. The minimum atomic E-state index is -1.30. The van der Waals surface area contributed by atoms with E-state index in [9.17, 15) is 9.90 Å². The number of likely N-dealkylation sites (tertiary alicyclic amines) is 1. The zero-order chi connectivity index (χ0) is 22.3. The number of carbonyl (C=O) groups is 1. The molecule has 1 aliphatic heterocycles. The number of nitrogens with zero attached hydrogens (tertiary/aromatic N) is 2. The van der Waals surface area contributed by atoms with Crippen molar-refractivity contribution in [1.29, 1.82) is 5.26 Å². The Kier molecular flexibility index (Phi) is 7.54. The van der Waals surface area contributed by atoms with Gasteiger partial charge in [-0.1, -0.05) is 19.9 Å². The molecule has 0 aliphatic carbocycles. The summed E-state index contributed by atoms with van der Waals surface area (Å²) in [4.78, 5) is 14.9. The standard InChI is InChI=1S/C25H31N3O3/c1-3-19-15-21(17-23(16-19)31-14-13-28-11-5-6-12-28)25(4-2,24(29)30)27-22-9-7-20(18-26)8-10-22/h7-10,15-17,27H,3-6,11-14H2,1-2H3,(H,29,30). The van der Waals surface area contributed by atoms with Crippen molar-refractivity contribution >= 4 is 11.7 Å². The van der Waals surface area contributed by atoms with Gasteiger partial charge < -0.3 is 15.2 Å². The fourth-order valence-electron chi connectivity index (χ4n) is 4.06. The van der Waals surface area contributed by atoms with Gasteiger partial charge >= 0.3 is 5.97 Å². The smallest absolute Gasteiger partial charge is 0.334 e. The van der Waals surface area contributed by atoms with Crippen LogP contribution >= 0.6 is 0 Å². The van der Waals surface area contributed by atoms with Crippen molar-refractivity contribution in [2.45, 2.75) is 45.1 Å². The van der Waals surface area contributed by atoms with Crippen molar-refractivity contribution in [3.8, 4) is 11.8 Å². The van der Waals surface area contributed by atoms with Gasteiger partial charge in [-0.25, -0.2) is 4.79 Å². The highest BCUT2D eigenvalue weighted by molar-refractivity contribution is 5.85. The maximum Gasteiger partial charge on any atom is 0.334 e. The molecule has 1 aliphatic rings. The lowest BCUT2D eigenvalue weighted by Crippen LogP contribution is -2.43. The monoisotopic (exact) mass is 421 g/mol. The predicted octanol–water partition coefficient (Wildman–Crippen LogP) is 4.40. The lowest BCUT2D eigenvalue weighted by molar-refractivity contribution is -0.142. The molecule has 0 saturated carbocycles. The van der Waals surface area contributed by atoms with Crippen LogP contribution in [0.3, 0.4) is 0 Å². The highest BCUT2D eigenvalue weighted by Gasteiger charge is 2.39. The molecule has 6 heteroatoms. The van der Waals surface area contributed by atoms with Crippen LogP contribution in [0.5, 0.6) is 5.75 Å². The second-order valence-electron chi connectivity index (χ2n) is 7.99. The Morgan fingerprint density at radius 3 is 2.48 bits per heavy atom. The van der Waals surface area contributed by atoms with E-state index < -0.39 is 11.5 Å². The van der Waals surface area contributed by atoms with Gasteiger partial charge in [-0.3, -0.25) is 4.90 Å². The number of aliphatic carboxylic acids is 1. The number of rotatable bonds is 10. The van der Waals surface area contributed by atoms with Crippen molar-refractivity contribution in [2.75, 3.05) is 31.6 Å². The summed E-state index contributed by atoms with van der Waals surface area (Å²) in [7, 11) is 0. The van der Waals surface area contributed by atoms with E-state index in [4.69, 9.17) is 10.00 Å². The Labute approximate surface area is 184 Å². The number of nitrogens with one attached hydrogen (secondary N) is 1. The highest BCUT2D eigenvalue weighted by Crippen LogP contribution is 2.34. The van der Waals surface area contributed by atoms with Gasteiger partial charge in [-0.15, -0.1) is 0 Å². The fourth-order valence-corrected chi connectivity index (χ4v) is 4.06. The maximum absolute atomic E-state index is 12.5. The van der Waals surface area contributed by atoms with Crippen molar-refractivity contribution < 1.29 is 14.6 Å². The molecule has 1 fully saturated rings. The molecule has 2 aromatic rings. The number of carboxylic acid groups (broad SMARTS) is 1. The van der Waals surface area contributed by atoms with Gasteiger partial charge in [0.15, 0.2) is 5.54 Å². The van der Waals surface area contributed by atoms with Gasteiger partial charge in [-0.05, 0) is 86.3 Å². The lowest BCUT2D eigenvalue weighted by atomic mass is 9.85. The Hall–Kier alpha value is -3.04. The third-order valence-corrected chi connectivity index (χ3v) is 6.01. The van der Waals surface area contributed by atoms with Crippen molar-refractivity contribution in [2.24, 2.45) is 0 Å². The lowest BCUT2D eigenvalue weighted by Gasteiger charge is -2.32. The zero-order valence-electron chi connectivity index (χ0n) is 18.4. The summed E-state index contributed by atoms with van der Waals surface area (Å²) < 4.78 is 6.05. The van der Waals surface area contributed by atoms with Gasteiger partial charge in [-0.2, -0.15) is 5.26 Å². The molecular weight excluding hydrogens is 390 g/mol. The van der Waals surface area contributed by atoms with Gasteiger partial charge in [0.05, 0.1) is 11.6 Å². The van der Waals surface area contributed by atoms with Crippen LogP contribution in [-0.2, 0) is 16.8 Å². The van der Waals surface area contributed by atoms with Crippen LogP contribution in [0.2, 0.25) is 0 Å². The average Bonchev–Trinajstić information content (AvgIpc) is 3.31. The minimum absolute atomic E-state index is 0.350. The molecule has 1 saturated heterocycles. The van der Waals surface area contributed by atoms with Crippen LogP contribution < -0.4 is 10.1 Å². The molecule has 0 aromatic heterocycles. The van der Waals surface area contributed by atoms with E-state index >= 15 is 0 Å². The number of ether oxygens (including phenoxy) is 1. The third kappa shape index (κ3) is 5.36. The second kappa shape index (κ2) is 10.3. The quantitative estimate of drug-likeness (QED) is 0.591. The molecule has 0 amide bonds. The van der Waals surface area contributed by atoms with E-state index in [0.717, 1.165) is 31.6 Å². The van der Waals surface area contributed by atoms with Crippen molar-refractivity contribution in [1.82, 2.24) is 4.90 Å². The normalized spacial score (nSPS) is 15.8. The van der Waals surface area contributed by atoms with Crippen molar-refractivity contribution in [3.05, 3.63) is 59.2 Å². The van der Waals surface area contributed by atoms with E-state index in [-0.39, 0.29) is 0 Å². The number of carboxylic acids is 1. The molecule has 1 atom stereocenters. The molecule has 6 nitrogen and oxygen atoms in total. The SMILES string of the molecule is CCc1cc(OCCN2CCCC2)cc(C(CC)(Nc2ccc(C#N)cc2)C(=O)O)c1. The first-order valence-electron chi connectivity index (χ1n) is 11.0. The van der Waals surface area contributed by atoms with Crippen LogP contribution in [0.15, 0.2) is 42.5 Å². The number of benzene rings is 2. The zero-order valence-corrected chi connectivity index (χ0v) is 18.4. The van der Waals surface area contributed by atoms with Gasteiger partial charge in [0.25, 0.3) is 0 Å². The molecule has 2 aromatic carbocycles. The largest absolute Gasteiger partial charge is 0.492 e. The average molecular weight is 422 g/mol. The van der Waals surface area contributed by atoms with Gasteiger partial charge in [0, 0.05) is 12.2 Å². The van der Waals surface area contributed by atoms with Crippen LogP contribution in [-0.4, -0.2) is 42.2 Å². The molecular formula is C25H31N3O3. The molecule has 31 heavy (non-hydrogen) atoms. The summed E-state index contributed by atoms with van der Waals surface area (Å²) in [5, 5.41) is 22.5. The maximum atomic E-state index is 12.5. The van der Waals surface area contributed by atoms with Crippen LogP contribution in [0, 0.1) is 11.3 Å². The number of anilines is 1. The van der Waals surface area contributed by atoms with E-state index in [1.165, 1.54) is 12.8 Å². The summed E-state index contributed by atoms with van der Waals surface area (Å²) in [6, 6.07) is 14.7. The number of nitriles is 1. The van der Waals surface area contributed by atoms with Crippen LogP contribution in [0.25, 0.3) is 0 Å². The second-order valence-corrected chi connectivity index (χ2v) is 7.99. The van der Waals surface area contributed by atoms with Crippen LogP contribution in [0.4, 0.5) is 5.69 Å². The molecule has 0 radical (unpaired) electrons. The Morgan fingerprint density at radius 1 is 1.19 bits per heavy atom. The molecule has 1 unspecified atom stereocenters. The van der Waals surface area contributed by atoms with E-state index in [2.05, 4.69) is 23.2 Å². The summed E-state index contributed by atoms with van der Waals surface area (Å²) in [6.45, 7) is 7.62. The molecule has 3 rings (SSSR count). The van der Waals surface area contributed by atoms with Crippen molar-refractivity contribution in [3.63, 3.8) is 0 Å². The summed E-state index contributed by atoms with van der Waals surface area (Å²) in [5.74, 6) is -0.245. The molecule has 1 heterocycles. The Bertz CT molecular complexity index is 930. The number of aryl methyl sites for hydroxylation is 1. The number of hydrogen-bond acceptors (Lipinski definition) is 5. The Balaban J connectivity index is 1.87. The van der Waals surface area contributed by atoms with Gasteiger partial charge in [0.2, 0.25) is 0 Å². The topological polar surface area (TPSA) is 85.6 Å². The summed E-state index contributed by atoms with van der Waals surface area (Å²) in [6.07, 6.45) is 3.62. The molecule has 0 bridgehead atoms.